The van der Waals surface area contributed by atoms with Crippen molar-refractivity contribution in [3.8, 4) is 0 Å². The monoisotopic (exact) mass is 298 g/mol. The van der Waals surface area contributed by atoms with Crippen LogP contribution in [0.25, 0.3) is 0 Å². The van der Waals surface area contributed by atoms with Crippen LogP contribution in [0.1, 0.15) is 12.0 Å². The molecule has 1 rings (SSSR count). The smallest absolute Gasteiger partial charge is 0.0716 e. The topological polar surface area (TPSA) is 57.2 Å². The summed E-state index contributed by atoms with van der Waals surface area (Å²) < 4.78 is 21.3. The van der Waals surface area contributed by atoms with Gasteiger partial charge in [0.25, 0.3) is 0 Å². The van der Waals surface area contributed by atoms with E-state index < -0.39 is 0 Å². The lowest BCUT2D eigenvalue weighted by atomic mass is 10.2. The Labute approximate surface area is 126 Å². The molecule has 5 nitrogen and oxygen atoms in total. The normalized spacial score (nSPS) is 10.9. The first-order valence-corrected chi connectivity index (χ1v) is 7.39. The minimum absolute atomic E-state index is 0.0510. The fourth-order valence-electron chi connectivity index (χ4n) is 1.63. The number of ether oxygens (including phenoxy) is 4. The van der Waals surface area contributed by atoms with Crippen LogP contribution >= 0.6 is 0 Å². The first kappa shape index (κ1) is 18.1. The van der Waals surface area contributed by atoms with E-state index in [9.17, 15) is 0 Å². The summed E-state index contributed by atoms with van der Waals surface area (Å²) in [6.07, 6.45) is 0.881. The number of aliphatic hydroxyl groups is 1. The molecule has 0 spiro atoms. The minimum atomic E-state index is 0.0510. The van der Waals surface area contributed by atoms with Crippen LogP contribution in [0.2, 0.25) is 0 Å². The number of hydrogen-bond donors (Lipinski definition) is 1. The van der Waals surface area contributed by atoms with Crippen LogP contribution in [0.15, 0.2) is 30.3 Å². The van der Waals surface area contributed by atoms with Gasteiger partial charge in [-0.3, -0.25) is 0 Å². The predicted octanol–water partition coefficient (Wildman–Crippen LogP) is 1.64. The summed E-state index contributed by atoms with van der Waals surface area (Å²) >= 11 is 0. The van der Waals surface area contributed by atoms with Gasteiger partial charge in [0, 0.05) is 13.2 Å². The van der Waals surface area contributed by atoms with Crippen molar-refractivity contribution in [1.82, 2.24) is 0 Å². The Kier molecular flexibility index (Phi) is 12.0. The van der Waals surface area contributed by atoms with Gasteiger partial charge in [-0.25, -0.2) is 0 Å². The fraction of sp³-hybridized carbons (Fsp3) is 0.625. The molecular formula is C16H26O5. The molecule has 0 aliphatic heterocycles. The Balaban J connectivity index is 1.75. The van der Waals surface area contributed by atoms with Crippen LogP contribution in [0.4, 0.5) is 0 Å². The lowest BCUT2D eigenvalue weighted by Gasteiger charge is -2.07. The van der Waals surface area contributed by atoms with E-state index in [1.807, 2.05) is 18.2 Å². The number of aliphatic hydroxyl groups excluding tert-OH is 1. The van der Waals surface area contributed by atoms with E-state index >= 15 is 0 Å². The third-order valence-corrected chi connectivity index (χ3v) is 2.67. The molecule has 0 radical (unpaired) electrons. The summed E-state index contributed by atoms with van der Waals surface area (Å²) in [7, 11) is 0. The summed E-state index contributed by atoms with van der Waals surface area (Å²) in [4.78, 5) is 0. The van der Waals surface area contributed by atoms with E-state index in [-0.39, 0.29) is 6.61 Å². The van der Waals surface area contributed by atoms with Crippen molar-refractivity contribution in [3.63, 3.8) is 0 Å². The second kappa shape index (κ2) is 14.0. The zero-order chi connectivity index (χ0) is 15.0. The summed E-state index contributed by atoms with van der Waals surface area (Å²) in [6, 6.07) is 10.1. The molecule has 0 fully saturated rings. The van der Waals surface area contributed by atoms with E-state index in [1.165, 1.54) is 5.56 Å². The summed E-state index contributed by atoms with van der Waals surface area (Å²) in [5, 5.41) is 8.50. The minimum Gasteiger partial charge on any atom is -0.394 e. The second-order valence-electron chi connectivity index (χ2n) is 4.45. The molecule has 120 valence electrons. The van der Waals surface area contributed by atoms with Crippen molar-refractivity contribution in [2.45, 2.75) is 13.0 Å². The van der Waals surface area contributed by atoms with Gasteiger partial charge in [-0.2, -0.15) is 0 Å². The quantitative estimate of drug-likeness (QED) is 0.529. The van der Waals surface area contributed by atoms with Crippen molar-refractivity contribution in [2.24, 2.45) is 0 Å². The van der Waals surface area contributed by atoms with E-state index in [4.69, 9.17) is 24.1 Å². The van der Waals surface area contributed by atoms with Crippen molar-refractivity contribution in [1.29, 1.82) is 0 Å². The Morgan fingerprint density at radius 1 is 0.667 bits per heavy atom. The highest BCUT2D eigenvalue weighted by Gasteiger charge is 1.94. The molecule has 1 aromatic rings. The Morgan fingerprint density at radius 2 is 1.24 bits per heavy atom. The van der Waals surface area contributed by atoms with E-state index in [1.54, 1.807) is 0 Å². The molecule has 0 amide bonds. The zero-order valence-corrected chi connectivity index (χ0v) is 12.5. The highest BCUT2D eigenvalue weighted by atomic mass is 16.5. The fourth-order valence-corrected chi connectivity index (χ4v) is 1.63. The lowest BCUT2D eigenvalue weighted by Crippen LogP contribution is -2.11. The zero-order valence-electron chi connectivity index (χ0n) is 12.5. The Bertz CT molecular complexity index is 318. The highest BCUT2D eigenvalue weighted by Crippen LogP contribution is 2.00. The third-order valence-electron chi connectivity index (χ3n) is 2.67. The predicted molar refractivity (Wildman–Crippen MR) is 80.3 cm³/mol. The molecule has 1 N–H and O–H groups in total. The average Bonchev–Trinajstić information content (AvgIpc) is 2.53. The maximum absolute atomic E-state index is 8.50. The van der Waals surface area contributed by atoms with Crippen molar-refractivity contribution in [2.75, 3.05) is 52.9 Å². The largest absolute Gasteiger partial charge is 0.394 e. The van der Waals surface area contributed by atoms with E-state index in [0.29, 0.717) is 52.9 Å². The van der Waals surface area contributed by atoms with Crippen molar-refractivity contribution in [3.05, 3.63) is 35.9 Å². The van der Waals surface area contributed by atoms with Gasteiger partial charge in [-0.15, -0.1) is 0 Å². The molecule has 0 aromatic heterocycles. The van der Waals surface area contributed by atoms with Crippen LogP contribution in [-0.4, -0.2) is 58.0 Å². The molecule has 0 aliphatic rings. The highest BCUT2D eigenvalue weighted by molar-refractivity contribution is 5.13. The molecule has 1 aromatic carbocycles. The molecule has 0 heterocycles. The standard InChI is InChI=1S/C16H26O5/c17-7-10-19-12-14-20-13-11-18-8-4-9-21-15-16-5-2-1-3-6-16/h1-3,5-6,17H,4,7-15H2. The van der Waals surface area contributed by atoms with Gasteiger partial charge < -0.3 is 24.1 Å². The summed E-state index contributed by atoms with van der Waals surface area (Å²) in [5.41, 5.74) is 1.19. The summed E-state index contributed by atoms with van der Waals surface area (Å²) in [6.45, 7) is 4.63. The molecule has 0 saturated carbocycles. The van der Waals surface area contributed by atoms with Gasteiger partial charge in [-0.05, 0) is 12.0 Å². The Morgan fingerprint density at radius 3 is 1.90 bits per heavy atom. The molecule has 21 heavy (non-hydrogen) atoms. The first-order valence-electron chi connectivity index (χ1n) is 7.39. The van der Waals surface area contributed by atoms with Gasteiger partial charge in [0.15, 0.2) is 0 Å². The molecular weight excluding hydrogens is 272 g/mol. The number of hydrogen-bond acceptors (Lipinski definition) is 5. The number of benzene rings is 1. The first-order chi connectivity index (χ1) is 10.4. The average molecular weight is 298 g/mol. The van der Waals surface area contributed by atoms with Crippen molar-refractivity contribution >= 4 is 0 Å². The molecule has 0 bridgehead atoms. The van der Waals surface area contributed by atoms with Crippen LogP contribution in [0.5, 0.6) is 0 Å². The molecule has 5 heteroatoms. The molecule has 0 atom stereocenters. The van der Waals surface area contributed by atoms with Crippen LogP contribution in [0.3, 0.4) is 0 Å². The SMILES string of the molecule is OCCOCCOCCOCCCOCc1ccccc1. The van der Waals surface area contributed by atoms with Gasteiger partial charge in [0.2, 0.25) is 0 Å². The van der Waals surface area contributed by atoms with E-state index in [2.05, 4.69) is 12.1 Å². The van der Waals surface area contributed by atoms with Gasteiger partial charge in [0.1, 0.15) is 0 Å². The Hall–Kier alpha value is -0.980. The van der Waals surface area contributed by atoms with Crippen LogP contribution in [-0.2, 0) is 25.6 Å². The van der Waals surface area contributed by atoms with Crippen molar-refractivity contribution < 1.29 is 24.1 Å². The number of rotatable bonds is 14. The van der Waals surface area contributed by atoms with Gasteiger partial charge in [-0.1, -0.05) is 30.3 Å². The molecule has 0 aliphatic carbocycles. The van der Waals surface area contributed by atoms with Gasteiger partial charge >= 0.3 is 0 Å². The lowest BCUT2D eigenvalue weighted by molar-refractivity contribution is 0.00357. The van der Waals surface area contributed by atoms with Crippen LogP contribution < -0.4 is 0 Å². The van der Waals surface area contributed by atoms with E-state index in [0.717, 1.165) is 6.42 Å². The maximum Gasteiger partial charge on any atom is 0.0716 e. The molecule has 0 saturated heterocycles. The summed E-state index contributed by atoms with van der Waals surface area (Å²) in [5.74, 6) is 0. The van der Waals surface area contributed by atoms with Crippen LogP contribution in [0, 0.1) is 0 Å². The molecule has 0 unspecified atom stereocenters. The second-order valence-corrected chi connectivity index (χ2v) is 4.45. The third kappa shape index (κ3) is 11.4. The maximum atomic E-state index is 8.50. The van der Waals surface area contributed by atoms with Gasteiger partial charge in [0.05, 0.1) is 46.2 Å².